The van der Waals surface area contributed by atoms with Gasteiger partial charge in [0.15, 0.2) is 0 Å². The first-order chi connectivity index (χ1) is 8.49. The highest BCUT2D eigenvalue weighted by Crippen LogP contribution is 2.16. The smallest absolute Gasteiger partial charge is 0.214 e. The van der Waals surface area contributed by atoms with Crippen molar-refractivity contribution in [2.75, 3.05) is 18.8 Å². The van der Waals surface area contributed by atoms with E-state index in [9.17, 15) is 8.42 Å². The number of hydrogen-bond donors (Lipinski definition) is 1. The molecule has 2 atom stereocenters. The Balaban J connectivity index is 2.00. The Labute approximate surface area is 113 Å². The fraction of sp³-hybridized carbons (Fsp3) is 0.667. The van der Waals surface area contributed by atoms with E-state index in [1.807, 2.05) is 31.4 Å². The van der Waals surface area contributed by atoms with Gasteiger partial charge in [0.25, 0.3) is 0 Å². The molecule has 2 rings (SSSR count). The molecule has 0 spiro atoms. The molecule has 0 saturated carbocycles. The van der Waals surface area contributed by atoms with E-state index in [4.69, 9.17) is 0 Å². The van der Waals surface area contributed by atoms with Gasteiger partial charge in [0, 0.05) is 30.1 Å². The molecule has 0 aromatic carbocycles. The summed E-state index contributed by atoms with van der Waals surface area (Å²) in [7, 11) is -3.14. The molecule has 2 unspecified atom stereocenters. The molecule has 0 bridgehead atoms. The van der Waals surface area contributed by atoms with Gasteiger partial charge in [-0.1, -0.05) is 6.07 Å². The van der Waals surface area contributed by atoms with Crippen LogP contribution in [0.5, 0.6) is 0 Å². The molecule has 0 amide bonds. The van der Waals surface area contributed by atoms with E-state index in [1.54, 1.807) is 15.6 Å². The monoisotopic (exact) mass is 288 g/mol. The quantitative estimate of drug-likeness (QED) is 0.908. The van der Waals surface area contributed by atoms with Crippen molar-refractivity contribution in [1.29, 1.82) is 0 Å². The van der Waals surface area contributed by atoms with Gasteiger partial charge in [-0.25, -0.2) is 8.42 Å². The first-order valence-electron chi connectivity index (χ1n) is 6.24. The zero-order chi connectivity index (χ0) is 13.2. The number of sulfonamides is 1. The number of aryl methyl sites for hydroxylation is 1. The number of piperazine rings is 1. The second-order valence-electron chi connectivity index (χ2n) is 4.87. The summed E-state index contributed by atoms with van der Waals surface area (Å²) < 4.78 is 26.3. The molecule has 2 heterocycles. The molecule has 102 valence electrons. The molecule has 0 radical (unpaired) electrons. The van der Waals surface area contributed by atoms with Crippen molar-refractivity contribution in [3.05, 3.63) is 22.4 Å². The summed E-state index contributed by atoms with van der Waals surface area (Å²) in [6, 6.07) is 4.24. The highest BCUT2D eigenvalue weighted by Gasteiger charge is 2.31. The summed E-state index contributed by atoms with van der Waals surface area (Å²) in [6.07, 6.45) is 0.616. The lowest BCUT2D eigenvalue weighted by Gasteiger charge is -2.36. The molecule has 0 aliphatic carbocycles. The van der Waals surface area contributed by atoms with Crippen LogP contribution in [0.2, 0.25) is 0 Å². The maximum absolute atomic E-state index is 12.3. The van der Waals surface area contributed by atoms with E-state index in [0.29, 0.717) is 13.0 Å². The van der Waals surface area contributed by atoms with E-state index in [2.05, 4.69) is 5.32 Å². The normalized spacial score (nSPS) is 26.3. The van der Waals surface area contributed by atoms with Crippen molar-refractivity contribution < 1.29 is 8.42 Å². The van der Waals surface area contributed by atoms with Crippen LogP contribution in [-0.4, -0.2) is 43.6 Å². The summed E-state index contributed by atoms with van der Waals surface area (Å²) in [5.41, 5.74) is 0. The van der Waals surface area contributed by atoms with Crippen LogP contribution in [0.4, 0.5) is 0 Å². The van der Waals surface area contributed by atoms with Crippen LogP contribution in [0.25, 0.3) is 0 Å². The SMILES string of the molecule is CC1CN(S(=O)(=O)CCc2cccs2)C(C)CN1. The Bertz CT molecular complexity index is 470. The fourth-order valence-corrected chi connectivity index (χ4v) is 4.80. The van der Waals surface area contributed by atoms with Crippen LogP contribution in [0, 0.1) is 0 Å². The number of thiophene rings is 1. The van der Waals surface area contributed by atoms with Gasteiger partial charge in [0.1, 0.15) is 0 Å². The Morgan fingerprint density at radius 1 is 1.50 bits per heavy atom. The molecule has 18 heavy (non-hydrogen) atoms. The number of rotatable bonds is 4. The van der Waals surface area contributed by atoms with Crippen molar-refractivity contribution in [1.82, 2.24) is 9.62 Å². The maximum atomic E-state index is 12.3. The molecule has 1 aromatic heterocycles. The van der Waals surface area contributed by atoms with Gasteiger partial charge in [0.2, 0.25) is 10.0 Å². The van der Waals surface area contributed by atoms with Crippen LogP contribution >= 0.6 is 11.3 Å². The summed E-state index contributed by atoms with van der Waals surface area (Å²) in [5.74, 6) is 0.213. The molecule has 1 fully saturated rings. The van der Waals surface area contributed by atoms with Gasteiger partial charge in [-0.2, -0.15) is 4.31 Å². The maximum Gasteiger partial charge on any atom is 0.214 e. The minimum Gasteiger partial charge on any atom is -0.311 e. The molecule has 1 N–H and O–H groups in total. The average Bonchev–Trinajstić information content (AvgIpc) is 2.83. The first kappa shape index (κ1) is 14.0. The van der Waals surface area contributed by atoms with Gasteiger partial charge in [-0.3, -0.25) is 0 Å². The largest absolute Gasteiger partial charge is 0.311 e. The summed E-state index contributed by atoms with van der Waals surface area (Å²) >= 11 is 1.62. The van der Waals surface area contributed by atoms with E-state index < -0.39 is 10.0 Å². The van der Waals surface area contributed by atoms with E-state index in [0.717, 1.165) is 11.4 Å². The van der Waals surface area contributed by atoms with Gasteiger partial charge in [0.05, 0.1) is 5.75 Å². The van der Waals surface area contributed by atoms with Gasteiger partial charge in [-0.05, 0) is 31.7 Å². The molecular formula is C12H20N2O2S2. The second kappa shape index (κ2) is 5.69. The van der Waals surface area contributed by atoms with E-state index in [-0.39, 0.29) is 17.8 Å². The van der Waals surface area contributed by atoms with E-state index >= 15 is 0 Å². The number of hydrogen-bond acceptors (Lipinski definition) is 4. The summed E-state index contributed by atoms with van der Waals surface area (Å²) in [6.45, 7) is 5.29. The van der Waals surface area contributed by atoms with Crippen molar-refractivity contribution >= 4 is 21.4 Å². The summed E-state index contributed by atoms with van der Waals surface area (Å²) in [5, 5.41) is 5.28. The van der Waals surface area contributed by atoms with Crippen LogP contribution in [0.3, 0.4) is 0 Å². The zero-order valence-corrected chi connectivity index (χ0v) is 12.4. The molecule has 6 heteroatoms. The first-order valence-corrected chi connectivity index (χ1v) is 8.73. The van der Waals surface area contributed by atoms with E-state index in [1.165, 1.54) is 0 Å². The molecule has 1 aliphatic rings. The molecule has 1 aliphatic heterocycles. The summed E-state index contributed by atoms with van der Waals surface area (Å²) in [4.78, 5) is 1.13. The van der Waals surface area contributed by atoms with Gasteiger partial charge in [-0.15, -0.1) is 11.3 Å². The minimum absolute atomic E-state index is 0.0505. The second-order valence-corrected chi connectivity index (χ2v) is 7.95. The third-order valence-corrected chi connectivity index (χ3v) is 6.13. The lowest BCUT2D eigenvalue weighted by atomic mass is 10.2. The Hall–Kier alpha value is -0.430. The highest BCUT2D eigenvalue weighted by molar-refractivity contribution is 7.89. The highest BCUT2D eigenvalue weighted by atomic mass is 32.2. The Morgan fingerprint density at radius 3 is 2.94 bits per heavy atom. The molecular weight excluding hydrogens is 268 g/mol. The lowest BCUT2D eigenvalue weighted by Crippen LogP contribution is -2.56. The van der Waals surface area contributed by atoms with Crippen molar-refractivity contribution in [3.63, 3.8) is 0 Å². The molecule has 1 saturated heterocycles. The van der Waals surface area contributed by atoms with Crippen LogP contribution < -0.4 is 5.32 Å². The minimum atomic E-state index is -3.14. The molecule has 1 aromatic rings. The standard InChI is InChI=1S/C12H20N2O2S2/c1-10-9-14(11(2)8-13-10)18(15,16)7-5-12-4-3-6-17-12/h3-4,6,10-11,13H,5,7-9H2,1-2H3. The third-order valence-electron chi connectivity index (χ3n) is 3.25. The van der Waals surface area contributed by atoms with Crippen LogP contribution in [0.1, 0.15) is 18.7 Å². The Kier molecular flexibility index (Phi) is 4.42. The van der Waals surface area contributed by atoms with Crippen LogP contribution in [0.15, 0.2) is 17.5 Å². The van der Waals surface area contributed by atoms with Crippen molar-refractivity contribution in [3.8, 4) is 0 Å². The third kappa shape index (κ3) is 3.32. The predicted molar refractivity (Wildman–Crippen MR) is 75.4 cm³/mol. The van der Waals surface area contributed by atoms with Crippen LogP contribution in [-0.2, 0) is 16.4 Å². The number of nitrogens with zero attached hydrogens (tertiary/aromatic N) is 1. The average molecular weight is 288 g/mol. The number of nitrogens with one attached hydrogen (secondary N) is 1. The van der Waals surface area contributed by atoms with Crippen molar-refractivity contribution in [2.45, 2.75) is 32.4 Å². The Morgan fingerprint density at radius 2 is 2.28 bits per heavy atom. The predicted octanol–water partition coefficient (Wildman–Crippen LogP) is 1.30. The van der Waals surface area contributed by atoms with Gasteiger partial charge < -0.3 is 5.32 Å². The lowest BCUT2D eigenvalue weighted by molar-refractivity contribution is 0.245. The topological polar surface area (TPSA) is 49.4 Å². The fourth-order valence-electron chi connectivity index (χ4n) is 2.18. The zero-order valence-electron chi connectivity index (χ0n) is 10.8. The van der Waals surface area contributed by atoms with Gasteiger partial charge >= 0.3 is 0 Å². The van der Waals surface area contributed by atoms with Crippen molar-refractivity contribution in [2.24, 2.45) is 0 Å². The molecule has 4 nitrogen and oxygen atoms in total.